The molecule has 1 aliphatic rings. The third-order valence-electron chi connectivity index (χ3n) is 4.13. The van der Waals surface area contributed by atoms with Crippen LogP contribution in [0.15, 0.2) is 36.5 Å². The molecule has 0 unspecified atom stereocenters. The number of pyridine rings is 1. The lowest BCUT2D eigenvalue weighted by Crippen LogP contribution is -2.30. The number of rotatable bonds is 5. The number of alkyl halides is 3. The lowest BCUT2D eigenvalue weighted by Gasteiger charge is -2.15. The first-order chi connectivity index (χ1) is 12.8. The summed E-state index contributed by atoms with van der Waals surface area (Å²) in [5.41, 5.74) is -0.556. The Balaban J connectivity index is 1.64. The molecule has 3 rings (SSSR count). The fraction of sp³-hybridized carbons (Fsp3) is 0.333. The number of carbonyl (C=O) groups excluding carboxylic acids is 1. The van der Waals surface area contributed by atoms with Gasteiger partial charge in [-0.3, -0.25) is 9.78 Å². The van der Waals surface area contributed by atoms with Crippen molar-refractivity contribution < 1.29 is 27.1 Å². The number of halogens is 4. The maximum absolute atomic E-state index is 13.3. The highest BCUT2D eigenvalue weighted by atomic mass is 19.4. The fourth-order valence-corrected chi connectivity index (χ4v) is 2.69. The van der Waals surface area contributed by atoms with Crippen molar-refractivity contribution in [1.82, 2.24) is 10.3 Å². The second kappa shape index (κ2) is 7.91. The summed E-state index contributed by atoms with van der Waals surface area (Å²) in [6.07, 6.45) is -2.61. The number of nitrogens with zero attached hydrogens (tertiary/aromatic N) is 1. The Labute approximate surface area is 152 Å². The van der Waals surface area contributed by atoms with Crippen LogP contribution in [0.2, 0.25) is 0 Å². The third kappa shape index (κ3) is 4.94. The van der Waals surface area contributed by atoms with Crippen LogP contribution < -0.4 is 10.6 Å². The van der Waals surface area contributed by atoms with Gasteiger partial charge in [-0.1, -0.05) is 0 Å². The maximum atomic E-state index is 13.3. The van der Waals surface area contributed by atoms with E-state index in [4.69, 9.17) is 4.74 Å². The van der Waals surface area contributed by atoms with Crippen LogP contribution >= 0.6 is 0 Å². The number of anilines is 2. The Kier molecular flexibility index (Phi) is 5.59. The van der Waals surface area contributed by atoms with Gasteiger partial charge in [-0.2, -0.15) is 13.2 Å². The minimum absolute atomic E-state index is 0.119. The number of amides is 1. The monoisotopic (exact) mass is 383 g/mol. The lowest BCUT2D eigenvalue weighted by molar-refractivity contribution is -0.137. The van der Waals surface area contributed by atoms with Gasteiger partial charge in [-0.05, 0) is 36.8 Å². The Morgan fingerprint density at radius 1 is 1.26 bits per heavy atom. The quantitative estimate of drug-likeness (QED) is 0.774. The summed E-state index contributed by atoms with van der Waals surface area (Å²) >= 11 is 0. The second-order valence-corrected chi connectivity index (χ2v) is 6.13. The molecule has 5 nitrogen and oxygen atoms in total. The van der Waals surface area contributed by atoms with E-state index in [0.717, 1.165) is 12.1 Å². The third-order valence-corrected chi connectivity index (χ3v) is 4.13. The van der Waals surface area contributed by atoms with Gasteiger partial charge in [-0.15, -0.1) is 0 Å². The van der Waals surface area contributed by atoms with Gasteiger partial charge < -0.3 is 15.4 Å². The first kappa shape index (κ1) is 19.1. The first-order valence-electron chi connectivity index (χ1n) is 8.27. The molecule has 2 N–H and O–H groups in total. The molecule has 1 saturated heterocycles. The van der Waals surface area contributed by atoms with Crippen LogP contribution in [0.5, 0.6) is 0 Å². The van der Waals surface area contributed by atoms with Gasteiger partial charge >= 0.3 is 6.18 Å². The smallest absolute Gasteiger partial charge is 0.381 e. The summed E-state index contributed by atoms with van der Waals surface area (Å²) in [6.45, 7) is 1.16. The van der Waals surface area contributed by atoms with E-state index in [-0.39, 0.29) is 24.1 Å². The maximum Gasteiger partial charge on any atom is 0.418 e. The number of hydrogen-bond acceptors (Lipinski definition) is 4. The average molecular weight is 383 g/mol. The van der Waals surface area contributed by atoms with Crippen LogP contribution in [0, 0.1) is 11.7 Å². The van der Waals surface area contributed by atoms with Crippen LogP contribution in [0.3, 0.4) is 0 Å². The van der Waals surface area contributed by atoms with E-state index >= 15 is 0 Å². The molecule has 0 bridgehead atoms. The van der Waals surface area contributed by atoms with Crippen molar-refractivity contribution in [2.24, 2.45) is 5.92 Å². The predicted octanol–water partition coefficient (Wildman–Crippen LogP) is 3.64. The predicted molar refractivity (Wildman–Crippen MR) is 89.7 cm³/mol. The Morgan fingerprint density at radius 3 is 2.70 bits per heavy atom. The van der Waals surface area contributed by atoms with Crippen LogP contribution in [-0.2, 0) is 22.3 Å². The summed E-state index contributed by atoms with van der Waals surface area (Å²) in [7, 11) is 0. The second-order valence-electron chi connectivity index (χ2n) is 6.13. The molecule has 27 heavy (non-hydrogen) atoms. The zero-order valence-electron chi connectivity index (χ0n) is 14.1. The van der Waals surface area contributed by atoms with Crippen molar-refractivity contribution >= 4 is 17.3 Å². The molecular formula is C18H17F4N3O2. The van der Waals surface area contributed by atoms with E-state index in [0.29, 0.717) is 31.4 Å². The molecule has 9 heteroatoms. The standard InChI is InChI=1S/C18H17F4N3O2/c19-12-1-4-15(18(20,21)22)16(7-12)25-14-3-2-13(23-9-14)8-24-17(26)11-5-6-27-10-11/h1-4,7,9,11,25H,5-6,8,10H2,(H,24,26)/t11-/m1/s1. The summed E-state index contributed by atoms with van der Waals surface area (Å²) in [6, 6.07) is 5.30. The zero-order chi connectivity index (χ0) is 19.4. The molecule has 1 atom stereocenters. The summed E-state index contributed by atoms with van der Waals surface area (Å²) in [5, 5.41) is 5.28. The molecule has 0 radical (unpaired) electrons. The van der Waals surface area contributed by atoms with E-state index in [2.05, 4.69) is 15.6 Å². The van der Waals surface area contributed by atoms with Crippen molar-refractivity contribution in [3.8, 4) is 0 Å². The van der Waals surface area contributed by atoms with Crippen LogP contribution in [0.4, 0.5) is 28.9 Å². The molecule has 1 amide bonds. The highest BCUT2D eigenvalue weighted by Gasteiger charge is 2.33. The molecule has 0 saturated carbocycles. The Morgan fingerprint density at radius 2 is 2.07 bits per heavy atom. The van der Waals surface area contributed by atoms with Gasteiger partial charge in [0.2, 0.25) is 5.91 Å². The number of hydrogen-bond donors (Lipinski definition) is 2. The molecule has 2 heterocycles. The van der Waals surface area contributed by atoms with Crippen LogP contribution in [0.25, 0.3) is 0 Å². The lowest BCUT2D eigenvalue weighted by atomic mass is 10.1. The minimum Gasteiger partial charge on any atom is -0.381 e. The molecule has 1 fully saturated rings. The summed E-state index contributed by atoms with van der Waals surface area (Å²) in [4.78, 5) is 16.0. The molecule has 144 valence electrons. The number of nitrogens with one attached hydrogen (secondary N) is 2. The first-order valence-corrected chi connectivity index (χ1v) is 8.27. The van der Waals surface area contributed by atoms with Crippen molar-refractivity contribution in [3.63, 3.8) is 0 Å². The molecule has 0 aliphatic carbocycles. The topological polar surface area (TPSA) is 63.2 Å². The molecule has 0 spiro atoms. The SMILES string of the molecule is O=C(NCc1ccc(Nc2cc(F)ccc2C(F)(F)F)cn1)[C@@H]1CCOC1. The van der Waals surface area contributed by atoms with E-state index in [9.17, 15) is 22.4 Å². The van der Waals surface area contributed by atoms with Crippen molar-refractivity contribution in [1.29, 1.82) is 0 Å². The summed E-state index contributed by atoms with van der Waals surface area (Å²) in [5.74, 6) is -1.07. The van der Waals surface area contributed by atoms with Crippen molar-refractivity contribution in [2.75, 3.05) is 18.5 Å². The van der Waals surface area contributed by atoms with E-state index < -0.39 is 23.2 Å². The number of carbonyl (C=O) groups is 1. The van der Waals surface area contributed by atoms with E-state index in [1.807, 2.05) is 0 Å². The van der Waals surface area contributed by atoms with Gasteiger partial charge in [0.25, 0.3) is 0 Å². The molecular weight excluding hydrogens is 366 g/mol. The van der Waals surface area contributed by atoms with Crippen LogP contribution in [0.1, 0.15) is 17.7 Å². The number of ether oxygens (including phenoxy) is 1. The molecule has 2 aromatic rings. The summed E-state index contributed by atoms with van der Waals surface area (Å²) < 4.78 is 57.6. The highest BCUT2D eigenvalue weighted by molar-refractivity contribution is 5.78. The van der Waals surface area contributed by atoms with Gasteiger partial charge in [0, 0.05) is 6.61 Å². The number of benzene rings is 1. The van der Waals surface area contributed by atoms with Gasteiger partial charge in [0.15, 0.2) is 0 Å². The van der Waals surface area contributed by atoms with Crippen molar-refractivity contribution in [3.05, 3.63) is 53.6 Å². The van der Waals surface area contributed by atoms with Gasteiger partial charge in [0.1, 0.15) is 5.82 Å². The largest absolute Gasteiger partial charge is 0.418 e. The fourth-order valence-electron chi connectivity index (χ4n) is 2.69. The molecule has 1 aliphatic heterocycles. The Hall–Kier alpha value is -2.68. The Bertz CT molecular complexity index is 803. The highest BCUT2D eigenvalue weighted by Crippen LogP contribution is 2.36. The van der Waals surface area contributed by atoms with Gasteiger partial charge in [-0.25, -0.2) is 4.39 Å². The number of aromatic nitrogens is 1. The van der Waals surface area contributed by atoms with Crippen LogP contribution in [-0.4, -0.2) is 24.1 Å². The minimum atomic E-state index is -4.61. The average Bonchev–Trinajstić information content (AvgIpc) is 3.14. The zero-order valence-corrected chi connectivity index (χ0v) is 14.1. The van der Waals surface area contributed by atoms with Gasteiger partial charge in [0.05, 0.1) is 47.9 Å². The molecule has 1 aromatic heterocycles. The van der Waals surface area contributed by atoms with E-state index in [1.165, 1.54) is 12.3 Å². The molecule has 1 aromatic carbocycles. The normalized spacial score (nSPS) is 17.0. The van der Waals surface area contributed by atoms with E-state index in [1.54, 1.807) is 6.07 Å². The van der Waals surface area contributed by atoms with Crippen molar-refractivity contribution in [2.45, 2.75) is 19.1 Å².